The number of rotatable bonds is 7. The number of halogens is 1. The van der Waals surface area contributed by atoms with Gasteiger partial charge in [0, 0.05) is 36.9 Å². The molecule has 0 bridgehead atoms. The lowest BCUT2D eigenvalue weighted by molar-refractivity contribution is 0.0754. The Morgan fingerprint density at radius 3 is 2.22 bits per heavy atom. The van der Waals surface area contributed by atoms with Crippen LogP contribution in [0, 0.1) is 0 Å². The standard InChI is InChI=1S/C20H24ClN3O3/c1-4-10-24(11-5-2)19(26)15-12-17(20(27)23(3)13-15)22-18(25)14-6-8-16(21)9-7-14/h6-9,12-13H,4-5,10-11H2,1-3H3,(H,22,25). The van der Waals surface area contributed by atoms with Crippen LogP contribution in [0.2, 0.25) is 5.02 Å². The average molecular weight is 390 g/mol. The van der Waals surface area contributed by atoms with E-state index in [0.29, 0.717) is 29.2 Å². The average Bonchev–Trinajstić information content (AvgIpc) is 2.65. The van der Waals surface area contributed by atoms with Gasteiger partial charge in [-0.25, -0.2) is 0 Å². The number of anilines is 1. The molecule has 1 N–H and O–H groups in total. The number of amides is 2. The molecule has 1 aromatic heterocycles. The summed E-state index contributed by atoms with van der Waals surface area (Å²) in [5, 5.41) is 3.11. The van der Waals surface area contributed by atoms with Crippen LogP contribution in [0.25, 0.3) is 0 Å². The van der Waals surface area contributed by atoms with Crippen molar-refractivity contribution in [2.45, 2.75) is 26.7 Å². The highest BCUT2D eigenvalue weighted by atomic mass is 35.5. The van der Waals surface area contributed by atoms with Crippen LogP contribution in [-0.4, -0.2) is 34.4 Å². The summed E-state index contributed by atoms with van der Waals surface area (Å²) in [4.78, 5) is 39.4. The van der Waals surface area contributed by atoms with Crippen LogP contribution in [0.3, 0.4) is 0 Å². The second kappa shape index (κ2) is 9.37. The minimum atomic E-state index is -0.438. The summed E-state index contributed by atoms with van der Waals surface area (Å²) in [6.07, 6.45) is 3.19. The molecule has 0 aliphatic carbocycles. The maximum absolute atomic E-state index is 12.8. The van der Waals surface area contributed by atoms with Gasteiger partial charge in [0.2, 0.25) is 0 Å². The molecule has 0 spiro atoms. The van der Waals surface area contributed by atoms with E-state index in [2.05, 4.69) is 5.32 Å². The van der Waals surface area contributed by atoms with Crippen molar-refractivity contribution in [2.24, 2.45) is 7.05 Å². The number of nitrogens with zero attached hydrogens (tertiary/aromatic N) is 2. The van der Waals surface area contributed by atoms with Crippen molar-refractivity contribution in [3.05, 3.63) is 63.0 Å². The number of benzene rings is 1. The van der Waals surface area contributed by atoms with Gasteiger partial charge in [-0.15, -0.1) is 0 Å². The van der Waals surface area contributed by atoms with Crippen molar-refractivity contribution >= 4 is 29.1 Å². The first-order valence-electron chi connectivity index (χ1n) is 8.94. The lowest BCUT2D eigenvalue weighted by Gasteiger charge is -2.22. The largest absolute Gasteiger partial charge is 0.339 e. The van der Waals surface area contributed by atoms with Gasteiger partial charge in [0.25, 0.3) is 17.4 Å². The minimum Gasteiger partial charge on any atom is -0.339 e. The number of carbonyl (C=O) groups excluding carboxylic acids is 2. The van der Waals surface area contributed by atoms with Gasteiger partial charge in [-0.1, -0.05) is 25.4 Å². The molecule has 7 heteroatoms. The molecular formula is C20H24ClN3O3. The Bertz CT molecular complexity index is 869. The van der Waals surface area contributed by atoms with Gasteiger partial charge >= 0.3 is 0 Å². The molecule has 2 rings (SSSR count). The minimum absolute atomic E-state index is 0.0660. The number of aromatic nitrogens is 1. The number of aryl methyl sites for hydroxylation is 1. The van der Waals surface area contributed by atoms with Gasteiger partial charge in [-0.05, 0) is 43.2 Å². The van der Waals surface area contributed by atoms with Crippen molar-refractivity contribution in [1.82, 2.24) is 9.47 Å². The summed E-state index contributed by atoms with van der Waals surface area (Å²) < 4.78 is 1.31. The first-order valence-corrected chi connectivity index (χ1v) is 9.32. The van der Waals surface area contributed by atoms with Crippen LogP contribution in [-0.2, 0) is 7.05 Å². The van der Waals surface area contributed by atoms with Crippen LogP contribution >= 0.6 is 11.6 Å². The van der Waals surface area contributed by atoms with Crippen molar-refractivity contribution in [2.75, 3.05) is 18.4 Å². The van der Waals surface area contributed by atoms with Crippen molar-refractivity contribution in [3.8, 4) is 0 Å². The molecule has 1 aromatic carbocycles. The molecule has 0 unspecified atom stereocenters. The first kappa shape index (κ1) is 20.7. The molecule has 0 radical (unpaired) electrons. The molecule has 0 atom stereocenters. The Kier molecular flexibility index (Phi) is 7.19. The van der Waals surface area contributed by atoms with E-state index in [-0.39, 0.29) is 17.2 Å². The molecule has 2 amide bonds. The molecule has 0 saturated heterocycles. The first-order chi connectivity index (χ1) is 12.9. The Labute approximate surface area is 163 Å². The number of carbonyl (C=O) groups is 2. The Balaban J connectivity index is 2.32. The summed E-state index contributed by atoms with van der Waals surface area (Å²) in [5.74, 6) is -0.594. The van der Waals surface area contributed by atoms with E-state index < -0.39 is 5.91 Å². The number of hydrogen-bond donors (Lipinski definition) is 1. The van der Waals surface area contributed by atoms with Gasteiger partial charge in [0.15, 0.2) is 0 Å². The molecule has 6 nitrogen and oxygen atoms in total. The molecule has 144 valence electrons. The predicted molar refractivity (Wildman–Crippen MR) is 108 cm³/mol. The third kappa shape index (κ3) is 5.20. The second-order valence-corrected chi connectivity index (χ2v) is 6.75. The maximum Gasteiger partial charge on any atom is 0.274 e. The van der Waals surface area contributed by atoms with Crippen LogP contribution in [0.4, 0.5) is 5.69 Å². The third-order valence-corrected chi connectivity index (χ3v) is 4.31. The molecule has 0 fully saturated rings. The summed E-state index contributed by atoms with van der Waals surface area (Å²) in [7, 11) is 1.56. The van der Waals surface area contributed by atoms with Crippen LogP contribution in [0.5, 0.6) is 0 Å². The Hall–Kier alpha value is -2.60. The van der Waals surface area contributed by atoms with Gasteiger partial charge in [-0.2, -0.15) is 0 Å². The maximum atomic E-state index is 12.8. The molecule has 2 aromatic rings. The van der Waals surface area contributed by atoms with E-state index >= 15 is 0 Å². The van der Waals surface area contributed by atoms with Crippen LogP contribution in [0.15, 0.2) is 41.3 Å². The zero-order chi connectivity index (χ0) is 20.0. The quantitative estimate of drug-likeness (QED) is 0.787. The van der Waals surface area contributed by atoms with Gasteiger partial charge < -0.3 is 14.8 Å². The van der Waals surface area contributed by atoms with Crippen molar-refractivity contribution < 1.29 is 9.59 Å². The lowest BCUT2D eigenvalue weighted by Crippen LogP contribution is -2.34. The van der Waals surface area contributed by atoms with E-state index in [1.54, 1.807) is 36.2 Å². The van der Waals surface area contributed by atoms with Crippen LogP contribution < -0.4 is 10.9 Å². The summed E-state index contributed by atoms with van der Waals surface area (Å²) in [6, 6.07) is 7.78. The van der Waals surface area contributed by atoms with Crippen molar-refractivity contribution in [1.29, 1.82) is 0 Å². The zero-order valence-electron chi connectivity index (χ0n) is 15.8. The SMILES string of the molecule is CCCN(CCC)C(=O)c1cc(NC(=O)c2ccc(Cl)cc2)c(=O)n(C)c1. The Morgan fingerprint density at radius 2 is 1.67 bits per heavy atom. The van der Waals surface area contributed by atoms with Crippen molar-refractivity contribution in [3.63, 3.8) is 0 Å². The highest BCUT2D eigenvalue weighted by molar-refractivity contribution is 6.30. The summed E-state index contributed by atoms with van der Waals surface area (Å²) >= 11 is 5.83. The smallest absolute Gasteiger partial charge is 0.274 e. The highest BCUT2D eigenvalue weighted by Crippen LogP contribution is 2.13. The van der Waals surface area contributed by atoms with E-state index in [9.17, 15) is 14.4 Å². The topological polar surface area (TPSA) is 71.4 Å². The fraction of sp³-hybridized carbons (Fsp3) is 0.350. The normalized spacial score (nSPS) is 10.5. The lowest BCUT2D eigenvalue weighted by atomic mass is 10.2. The number of pyridine rings is 1. The molecule has 1 heterocycles. The van der Waals surface area contributed by atoms with Gasteiger partial charge in [0.05, 0.1) is 5.56 Å². The highest BCUT2D eigenvalue weighted by Gasteiger charge is 2.18. The summed E-state index contributed by atoms with van der Waals surface area (Å²) in [6.45, 7) is 5.30. The second-order valence-electron chi connectivity index (χ2n) is 6.31. The molecule has 0 aliphatic heterocycles. The molecule has 0 aliphatic rings. The Morgan fingerprint density at radius 1 is 1.07 bits per heavy atom. The van der Waals surface area contributed by atoms with Crippen LogP contribution in [0.1, 0.15) is 47.4 Å². The van der Waals surface area contributed by atoms with Gasteiger partial charge in [0.1, 0.15) is 5.69 Å². The van der Waals surface area contributed by atoms with E-state index in [4.69, 9.17) is 11.6 Å². The third-order valence-electron chi connectivity index (χ3n) is 4.06. The molecule has 0 saturated carbocycles. The van der Waals surface area contributed by atoms with E-state index in [1.165, 1.54) is 16.8 Å². The molecular weight excluding hydrogens is 366 g/mol. The number of hydrogen-bond acceptors (Lipinski definition) is 3. The predicted octanol–water partition coefficient (Wildman–Crippen LogP) is 3.55. The fourth-order valence-corrected chi connectivity index (χ4v) is 2.88. The summed E-state index contributed by atoms with van der Waals surface area (Å²) in [5.41, 5.74) is 0.421. The number of nitrogens with one attached hydrogen (secondary N) is 1. The zero-order valence-corrected chi connectivity index (χ0v) is 16.5. The molecule has 27 heavy (non-hydrogen) atoms. The van der Waals surface area contributed by atoms with Gasteiger partial charge in [-0.3, -0.25) is 14.4 Å². The monoisotopic (exact) mass is 389 g/mol. The van der Waals surface area contributed by atoms with E-state index in [1.807, 2.05) is 13.8 Å². The van der Waals surface area contributed by atoms with E-state index in [0.717, 1.165) is 12.8 Å². The fourth-order valence-electron chi connectivity index (χ4n) is 2.75.